The number of benzene rings is 1. The first kappa shape index (κ1) is 18.0. The number of aromatic nitrogens is 2. The molecule has 0 bridgehead atoms. The van der Waals surface area contributed by atoms with Gasteiger partial charge >= 0.3 is 5.69 Å². The Balaban J connectivity index is 1.48. The van der Waals surface area contributed by atoms with Gasteiger partial charge in [-0.2, -0.15) is 0 Å². The van der Waals surface area contributed by atoms with Crippen molar-refractivity contribution in [3.8, 4) is 0 Å². The number of H-pyrrole nitrogens is 1. The molecule has 0 unspecified atom stereocenters. The zero-order valence-corrected chi connectivity index (χ0v) is 16.6. The molecular weight excluding hydrogens is 358 g/mol. The normalized spacial score (nSPS) is 15.6. The number of fused-ring (bicyclic) bond motifs is 1. The lowest BCUT2D eigenvalue weighted by molar-refractivity contribution is 0.0700. The van der Waals surface area contributed by atoms with E-state index >= 15 is 0 Å². The Morgan fingerprint density at radius 3 is 2.74 bits per heavy atom. The molecule has 0 spiro atoms. The van der Waals surface area contributed by atoms with Gasteiger partial charge in [-0.1, -0.05) is 25.5 Å². The van der Waals surface area contributed by atoms with Crippen molar-refractivity contribution in [2.24, 2.45) is 0 Å². The van der Waals surface area contributed by atoms with Crippen molar-refractivity contribution < 1.29 is 4.79 Å². The van der Waals surface area contributed by atoms with Crippen LogP contribution >= 0.6 is 11.3 Å². The van der Waals surface area contributed by atoms with Crippen LogP contribution < -0.4 is 5.69 Å². The second-order valence-electron chi connectivity index (χ2n) is 7.28. The topological polar surface area (TPSA) is 58.1 Å². The summed E-state index contributed by atoms with van der Waals surface area (Å²) in [6, 6.07) is 10.0. The molecule has 1 aromatic carbocycles. The maximum atomic E-state index is 12.9. The highest BCUT2D eigenvalue weighted by atomic mass is 32.1. The van der Waals surface area contributed by atoms with Crippen molar-refractivity contribution in [1.82, 2.24) is 14.5 Å². The smallest absolute Gasteiger partial charge is 0.326 e. The number of carbonyl (C=O) groups excluding carboxylic acids is 1. The lowest BCUT2D eigenvalue weighted by Gasteiger charge is -2.32. The third-order valence-electron chi connectivity index (χ3n) is 5.49. The quantitative estimate of drug-likeness (QED) is 0.736. The fraction of sp³-hybridized carbons (Fsp3) is 0.429. The van der Waals surface area contributed by atoms with Gasteiger partial charge < -0.3 is 9.88 Å². The number of likely N-dealkylation sites (tertiary alicyclic amines) is 1. The molecule has 4 rings (SSSR count). The number of nitrogens with one attached hydrogen (secondary N) is 1. The maximum Gasteiger partial charge on any atom is 0.326 e. The summed E-state index contributed by atoms with van der Waals surface area (Å²) >= 11 is 1.61. The number of amides is 1. The molecule has 0 aliphatic carbocycles. The first-order valence-corrected chi connectivity index (χ1v) is 10.5. The van der Waals surface area contributed by atoms with Gasteiger partial charge in [-0.05, 0) is 49.9 Å². The van der Waals surface area contributed by atoms with Crippen molar-refractivity contribution in [1.29, 1.82) is 0 Å². The fourth-order valence-electron chi connectivity index (χ4n) is 4.06. The summed E-state index contributed by atoms with van der Waals surface area (Å²) in [5, 5.41) is 0. The molecule has 142 valence electrons. The summed E-state index contributed by atoms with van der Waals surface area (Å²) in [5.41, 5.74) is 3.06. The molecule has 1 aliphatic rings. The molecule has 1 saturated heterocycles. The van der Waals surface area contributed by atoms with Crippen LogP contribution in [-0.4, -0.2) is 33.4 Å². The number of para-hydroxylation sites is 2. The maximum absolute atomic E-state index is 12.9. The molecule has 6 heteroatoms. The van der Waals surface area contributed by atoms with E-state index in [1.165, 1.54) is 10.4 Å². The van der Waals surface area contributed by atoms with E-state index in [-0.39, 0.29) is 17.6 Å². The largest absolute Gasteiger partial charge is 0.338 e. The number of thiophene rings is 1. The van der Waals surface area contributed by atoms with Gasteiger partial charge in [-0.15, -0.1) is 11.3 Å². The number of imidazole rings is 1. The molecule has 1 fully saturated rings. The van der Waals surface area contributed by atoms with Crippen molar-refractivity contribution in [2.45, 2.75) is 45.6 Å². The molecular formula is C21H25N3O2S. The van der Waals surface area contributed by atoms with Crippen LogP contribution in [0.5, 0.6) is 0 Å². The van der Waals surface area contributed by atoms with Crippen molar-refractivity contribution in [3.05, 3.63) is 56.1 Å². The standard InChI is InChI=1S/C21H25N3O2S/c1-3-6-15-13-19(27-14(15)2)20(25)23-11-9-16(10-12-23)24-18-8-5-4-7-17(18)22-21(24)26/h4-5,7-8,13,16H,3,6,9-12H2,1-2H3,(H,22,26). The van der Waals surface area contributed by atoms with E-state index in [2.05, 4.69) is 24.9 Å². The zero-order chi connectivity index (χ0) is 19.0. The highest BCUT2D eigenvalue weighted by Crippen LogP contribution is 2.28. The van der Waals surface area contributed by atoms with Gasteiger partial charge in [0.1, 0.15) is 0 Å². The highest BCUT2D eigenvalue weighted by Gasteiger charge is 2.27. The highest BCUT2D eigenvalue weighted by molar-refractivity contribution is 7.14. The summed E-state index contributed by atoms with van der Waals surface area (Å²) in [7, 11) is 0. The van der Waals surface area contributed by atoms with Crippen LogP contribution in [-0.2, 0) is 6.42 Å². The third kappa shape index (κ3) is 3.34. The van der Waals surface area contributed by atoms with E-state index in [1.54, 1.807) is 11.3 Å². The van der Waals surface area contributed by atoms with Crippen LogP contribution in [0.3, 0.4) is 0 Å². The molecule has 1 amide bonds. The minimum Gasteiger partial charge on any atom is -0.338 e. The molecule has 0 atom stereocenters. The SMILES string of the molecule is CCCc1cc(C(=O)N2CCC(n3c(=O)[nH]c4ccccc43)CC2)sc1C. The lowest BCUT2D eigenvalue weighted by atomic mass is 10.0. The Hall–Kier alpha value is -2.34. The van der Waals surface area contributed by atoms with Gasteiger partial charge in [0.05, 0.1) is 15.9 Å². The van der Waals surface area contributed by atoms with Crippen molar-refractivity contribution >= 4 is 28.3 Å². The number of hydrogen-bond donors (Lipinski definition) is 1. The number of aryl methyl sites for hydroxylation is 2. The molecule has 1 aliphatic heterocycles. The second-order valence-corrected chi connectivity index (χ2v) is 8.54. The van der Waals surface area contributed by atoms with Crippen LogP contribution in [0.25, 0.3) is 11.0 Å². The van der Waals surface area contributed by atoms with Crippen LogP contribution in [0.15, 0.2) is 35.1 Å². The van der Waals surface area contributed by atoms with Crippen LogP contribution in [0.1, 0.15) is 52.3 Å². The molecule has 0 radical (unpaired) electrons. The summed E-state index contributed by atoms with van der Waals surface area (Å²) in [4.78, 5) is 32.3. The number of hydrogen-bond acceptors (Lipinski definition) is 3. The summed E-state index contributed by atoms with van der Waals surface area (Å²) in [6.45, 7) is 5.64. The third-order valence-corrected chi connectivity index (χ3v) is 6.57. The van der Waals surface area contributed by atoms with E-state index in [1.807, 2.05) is 33.7 Å². The monoisotopic (exact) mass is 383 g/mol. The van der Waals surface area contributed by atoms with Gasteiger partial charge in [-0.3, -0.25) is 9.36 Å². The summed E-state index contributed by atoms with van der Waals surface area (Å²) in [5.74, 6) is 0.134. The molecule has 0 saturated carbocycles. The van der Waals surface area contributed by atoms with Gasteiger partial charge in [0.25, 0.3) is 5.91 Å². The van der Waals surface area contributed by atoms with Crippen LogP contribution in [0, 0.1) is 6.92 Å². The molecule has 5 nitrogen and oxygen atoms in total. The van der Waals surface area contributed by atoms with Crippen LogP contribution in [0.4, 0.5) is 0 Å². The summed E-state index contributed by atoms with van der Waals surface area (Å²) in [6.07, 6.45) is 3.73. The predicted molar refractivity (Wildman–Crippen MR) is 110 cm³/mol. The number of piperidine rings is 1. The average molecular weight is 384 g/mol. The Labute approximate surface area is 162 Å². The van der Waals surface area contributed by atoms with Crippen molar-refractivity contribution in [3.63, 3.8) is 0 Å². The van der Waals surface area contributed by atoms with E-state index in [0.29, 0.717) is 13.1 Å². The Bertz CT molecular complexity index is 1020. The molecule has 1 N–H and O–H groups in total. The Morgan fingerprint density at radius 2 is 2.00 bits per heavy atom. The first-order valence-electron chi connectivity index (χ1n) is 9.66. The second kappa shape index (κ2) is 7.35. The minimum absolute atomic E-state index is 0.0564. The number of aromatic amines is 1. The average Bonchev–Trinajstić information content (AvgIpc) is 3.21. The molecule has 27 heavy (non-hydrogen) atoms. The lowest BCUT2D eigenvalue weighted by Crippen LogP contribution is -2.40. The Kier molecular flexibility index (Phi) is 4.91. The molecule has 3 heterocycles. The van der Waals surface area contributed by atoms with E-state index < -0.39 is 0 Å². The van der Waals surface area contributed by atoms with E-state index in [4.69, 9.17) is 0 Å². The summed E-state index contributed by atoms with van der Waals surface area (Å²) < 4.78 is 1.87. The van der Waals surface area contributed by atoms with Crippen molar-refractivity contribution in [2.75, 3.05) is 13.1 Å². The van der Waals surface area contributed by atoms with Crippen LogP contribution in [0.2, 0.25) is 0 Å². The fourth-order valence-corrected chi connectivity index (χ4v) is 5.10. The minimum atomic E-state index is -0.0564. The van der Waals surface area contributed by atoms with Gasteiger partial charge in [-0.25, -0.2) is 4.79 Å². The van der Waals surface area contributed by atoms with Gasteiger partial charge in [0.15, 0.2) is 0 Å². The zero-order valence-electron chi connectivity index (χ0n) is 15.8. The first-order chi connectivity index (χ1) is 13.1. The molecule has 3 aromatic rings. The van der Waals surface area contributed by atoms with E-state index in [9.17, 15) is 9.59 Å². The number of nitrogens with zero attached hydrogens (tertiary/aromatic N) is 2. The van der Waals surface area contributed by atoms with Gasteiger partial charge in [0, 0.05) is 24.0 Å². The number of rotatable bonds is 4. The Morgan fingerprint density at radius 1 is 1.26 bits per heavy atom. The molecule has 2 aromatic heterocycles. The predicted octanol–water partition coefficient (Wildman–Crippen LogP) is 4.13. The number of carbonyl (C=O) groups is 1. The van der Waals surface area contributed by atoms with E-state index in [0.717, 1.165) is 41.6 Å². The van der Waals surface area contributed by atoms with Gasteiger partial charge in [0.2, 0.25) is 0 Å².